The number of benzene rings is 2. The Bertz CT molecular complexity index is 1000. The molecule has 8 nitrogen and oxygen atoms in total. The molecular formula is C22H24F2N4O4. The largest absolute Gasteiger partial charge is 0.493 e. The van der Waals surface area contributed by atoms with Crippen LogP contribution in [0.4, 0.5) is 19.3 Å². The number of hydrogen-bond donors (Lipinski definition) is 4. The van der Waals surface area contributed by atoms with Crippen molar-refractivity contribution in [3.05, 3.63) is 59.2 Å². The van der Waals surface area contributed by atoms with Crippen molar-refractivity contribution in [2.75, 3.05) is 38.2 Å². The minimum absolute atomic E-state index is 0.0194. The smallest absolute Gasteiger partial charge is 0.319 e. The third-order valence-corrected chi connectivity index (χ3v) is 5.48. The fourth-order valence-electron chi connectivity index (χ4n) is 3.91. The molecule has 4 N–H and O–H groups in total. The highest BCUT2D eigenvalue weighted by molar-refractivity contribution is 5.91. The Hall–Kier alpha value is -3.40. The zero-order valence-electron chi connectivity index (χ0n) is 17.2. The molecule has 10 heteroatoms. The van der Waals surface area contributed by atoms with Gasteiger partial charge in [-0.1, -0.05) is 5.16 Å². The van der Waals surface area contributed by atoms with Gasteiger partial charge in [0.05, 0.1) is 13.2 Å². The van der Waals surface area contributed by atoms with Crippen LogP contribution in [0.3, 0.4) is 0 Å². The number of amidine groups is 1. The third kappa shape index (κ3) is 4.91. The number of halogens is 2. The van der Waals surface area contributed by atoms with Crippen molar-refractivity contribution in [1.82, 2.24) is 10.6 Å². The Morgan fingerprint density at radius 2 is 2.09 bits per heavy atom. The van der Waals surface area contributed by atoms with E-state index >= 15 is 0 Å². The van der Waals surface area contributed by atoms with E-state index in [0.717, 1.165) is 5.56 Å². The predicted octanol–water partition coefficient (Wildman–Crippen LogP) is 2.35. The van der Waals surface area contributed by atoms with E-state index in [1.165, 1.54) is 30.3 Å². The van der Waals surface area contributed by atoms with E-state index in [1.807, 2.05) is 6.07 Å². The second-order valence-corrected chi connectivity index (χ2v) is 7.55. The molecule has 2 aromatic carbocycles. The molecule has 2 aliphatic heterocycles. The number of oxime groups is 1. The zero-order chi connectivity index (χ0) is 22.5. The first-order valence-corrected chi connectivity index (χ1v) is 10.3. The number of fused-ring (bicyclic) bond motifs is 1. The average molecular weight is 446 g/mol. The maximum atomic E-state index is 14.9. The Labute approximate surface area is 183 Å². The van der Waals surface area contributed by atoms with Gasteiger partial charge in [0.1, 0.15) is 29.8 Å². The van der Waals surface area contributed by atoms with Crippen molar-refractivity contribution in [1.29, 1.82) is 0 Å². The molecular weight excluding hydrogens is 422 g/mol. The molecule has 2 atom stereocenters. The molecule has 0 bridgehead atoms. The number of ether oxygens (including phenoxy) is 1. The standard InChI is InChI=1S/C22H24F2N4O4/c23-14-1-3-15(4-2-14)27-22(30)26-12-18-17(11-25-21(18)28-32-8-6-29)16-9-13-5-7-31-20(13)10-19(16)24/h1-4,9-10,17-18,29H,5-8,11-12H2,(H,25,28)(H2,26,27,30)/t17-,18?/m0/s1. The summed E-state index contributed by atoms with van der Waals surface area (Å²) in [6.07, 6.45) is 0.715. The van der Waals surface area contributed by atoms with E-state index in [9.17, 15) is 13.6 Å². The monoisotopic (exact) mass is 446 g/mol. The lowest BCUT2D eigenvalue weighted by Crippen LogP contribution is -2.37. The van der Waals surface area contributed by atoms with Gasteiger partial charge in [-0.3, -0.25) is 0 Å². The number of anilines is 1. The van der Waals surface area contributed by atoms with Gasteiger partial charge in [-0.05, 0) is 41.5 Å². The van der Waals surface area contributed by atoms with Crippen LogP contribution >= 0.6 is 0 Å². The number of nitrogens with one attached hydrogen (secondary N) is 3. The number of amides is 2. The number of urea groups is 1. The van der Waals surface area contributed by atoms with Gasteiger partial charge in [-0.25, -0.2) is 13.6 Å². The fraction of sp³-hybridized carbons (Fsp3) is 0.364. The molecule has 2 amide bonds. The molecule has 0 radical (unpaired) electrons. The minimum atomic E-state index is -0.485. The van der Waals surface area contributed by atoms with Crippen molar-refractivity contribution in [3.8, 4) is 5.75 Å². The Morgan fingerprint density at radius 3 is 2.88 bits per heavy atom. The van der Waals surface area contributed by atoms with E-state index < -0.39 is 11.8 Å². The maximum Gasteiger partial charge on any atom is 0.319 e. The first kappa shape index (κ1) is 21.8. The lowest BCUT2D eigenvalue weighted by molar-refractivity contribution is 0.0971. The number of hydrogen-bond acceptors (Lipinski definition) is 5. The van der Waals surface area contributed by atoms with E-state index in [2.05, 4.69) is 21.1 Å². The molecule has 0 aromatic heterocycles. The van der Waals surface area contributed by atoms with Gasteiger partial charge in [-0.2, -0.15) is 0 Å². The van der Waals surface area contributed by atoms with Crippen LogP contribution in [0.15, 0.2) is 41.6 Å². The van der Waals surface area contributed by atoms with Crippen molar-refractivity contribution in [3.63, 3.8) is 0 Å². The molecule has 4 rings (SSSR count). The molecule has 32 heavy (non-hydrogen) atoms. The van der Waals surface area contributed by atoms with Crippen molar-refractivity contribution in [2.45, 2.75) is 12.3 Å². The summed E-state index contributed by atoms with van der Waals surface area (Å²) < 4.78 is 33.4. The Balaban J connectivity index is 1.49. The van der Waals surface area contributed by atoms with E-state index in [4.69, 9.17) is 14.7 Å². The van der Waals surface area contributed by atoms with Crippen molar-refractivity contribution in [2.24, 2.45) is 11.1 Å². The van der Waals surface area contributed by atoms with Crippen LogP contribution in [0.25, 0.3) is 0 Å². The molecule has 2 heterocycles. The number of rotatable bonds is 7. The summed E-state index contributed by atoms with van der Waals surface area (Å²) in [5.41, 5.74) is 1.90. The van der Waals surface area contributed by atoms with E-state index in [0.29, 0.717) is 42.4 Å². The zero-order valence-corrected chi connectivity index (χ0v) is 17.2. The van der Waals surface area contributed by atoms with Crippen LogP contribution in [0.1, 0.15) is 17.0 Å². The molecule has 0 saturated carbocycles. The summed E-state index contributed by atoms with van der Waals surface area (Å²) in [6, 6.07) is 8.12. The van der Waals surface area contributed by atoms with Gasteiger partial charge in [0.25, 0.3) is 0 Å². The van der Waals surface area contributed by atoms with Gasteiger partial charge in [0, 0.05) is 43.1 Å². The lowest BCUT2D eigenvalue weighted by atomic mass is 9.86. The van der Waals surface area contributed by atoms with Gasteiger partial charge in [-0.15, -0.1) is 0 Å². The highest BCUT2D eigenvalue weighted by Gasteiger charge is 2.37. The summed E-state index contributed by atoms with van der Waals surface area (Å²) in [5, 5.41) is 21.5. The molecule has 170 valence electrons. The SMILES string of the molecule is O=C(NCC1/C(=N/OCCO)NC[C@H]1c1cc2c(cc1F)OCC2)Nc1ccc(F)cc1. The summed E-state index contributed by atoms with van der Waals surface area (Å²) in [6.45, 7) is 0.911. The van der Waals surface area contributed by atoms with Crippen LogP contribution < -0.4 is 20.7 Å². The lowest BCUT2D eigenvalue weighted by Gasteiger charge is -2.20. The Kier molecular flexibility index (Phi) is 6.69. The van der Waals surface area contributed by atoms with E-state index in [-0.39, 0.29) is 37.4 Å². The van der Waals surface area contributed by atoms with Crippen LogP contribution in [0.5, 0.6) is 5.75 Å². The molecule has 1 saturated heterocycles. The third-order valence-electron chi connectivity index (χ3n) is 5.48. The van der Waals surface area contributed by atoms with Crippen LogP contribution in [0.2, 0.25) is 0 Å². The quantitative estimate of drug-likeness (QED) is 0.386. The predicted molar refractivity (Wildman–Crippen MR) is 114 cm³/mol. The summed E-state index contributed by atoms with van der Waals surface area (Å²) in [7, 11) is 0. The molecule has 1 fully saturated rings. The summed E-state index contributed by atoms with van der Waals surface area (Å²) >= 11 is 0. The summed E-state index contributed by atoms with van der Waals surface area (Å²) in [4.78, 5) is 17.5. The number of aliphatic hydroxyl groups excluding tert-OH is 1. The molecule has 1 unspecified atom stereocenters. The molecule has 2 aromatic rings. The number of carbonyl (C=O) groups excluding carboxylic acids is 1. The van der Waals surface area contributed by atoms with Gasteiger partial charge in [0.2, 0.25) is 0 Å². The normalized spacial score (nSPS) is 20.4. The second-order valence-electron chi connectivity index (χ2n) is 7.55. The van der Waals surface area contributed by atoms with Gasteiger partial charge >= 0.3 is 6.03 Å². The van der Waals surface area contributed by atoms with Crippen LogP contribution in [-0.4, -0.2) is 49.9 Å². The van der Waals surface area contributed by atoms with Crippen molar-refractivity contribution < 1.29 is 28.3 Å². The minimum Gasteiger partial charge on any atom is -0.493 e. The average Bonchev–Trinajstić information content (AvgIpc) is 3.39. The van der Waals surface area contributed by atoms with Crippen molar-refractivity contribution >= 4 is 17.6 Å². The summed E-state index contributed by atoms with van der Waals surface area (Å²) in [5.74, 6) is -0.449. The molecule has 2 aliphatic rings. The molecule has 0 spiro atoms. The molecule has 0 aliphatic carbocycles. The van der Waals surface area contributed by atoms with Gasteiger partial charge in [0.15, 0.2) is 0 Å². The first-order chi connectivity index (χ1) is 15.5. The number of aliphatic hydroxyl groups is 1. The topological polar surface area (TPSA) is 104 Å². The van der Waals surface area contributed by atoms with Crippen LogP contribution in [0, 0.1) is 17.6 Å². The fourth-order valence-corrected chi connectivity index (χ4v) is 3.91. The Morgan fingerprint density at radius 1 is 1.28 bits per heavy atom. The van der Waals surface area contributed by atoms with Crippen LogP contribution in [-0.2, 0) is 11.3 Å². The maximum absolute atomic E-state index is 14.9. The first-order valence-electron chi connectivity index (χ1n) is 10.3. The highest BCUT2D eigenvalue weighted by atomic mass is 19.1. The van der Waals surface area contributed by atoms with Gasteiger partial charge < -0.3 is 30.6 Å². The second kappa shape index (κ2) is 9.82. The number of carbonyl (C=O) groups is 1. The van der Waals surface area contributed by atoms with E-state index in [1.54, 1.807) is 0 Å². The highest BCUT2D eigenvalue weighted by Crippen LogP contribution is 2.36. The number of nitrogens with zero attached hydrogens (tertiary/aromatic N) is 1.